The highest BCUT2D eigenvalue weighted by Gasteiger charge is 2.22. The van der Waals surface area contributed by atoms with Crippen molar-refractivity contribution in [2.75, 3.05) is 6.61 Å². The van der Waals surface area contributed by atoms with E-state index in [1.165, 1.54) is 0 Å². The van der Waals surface area contributed by atoms with Gasteiger partial charge in [-0.2, -0.15) is 0 Å². The summed E-state index contributed by atoms with van der Waals surface area (Å²) in [6, 6.07) is 1.73. The molecule has 0 saturated carbocycles. The predicted octanol–water partition coefficient (Wildman–Crippen LogP) is 0.387. The molecule has 0 atom stereocenters. The molecule has 0 radical (unpaired) electrons. The van der Waals surface area contributed by atoms with Gasteiger partial charge in [0.25, 0.3) is 10.0 Å². The number of carboxylic acid groups (broad SMARTS) is 1. The van der Waals surface area contributed by atoms with Gasteiger partial charge in [0.05, 0.1) is 15.6 Å². The van der Waals surface area contributed by atoms with Crippen LogP contribution in [0.4, 0.5) is 0 Å². The Morgan fingerprint density at radius 2 is 1.90 bits per heavy atom. The quantitative estimate of drug-likeness (QED) is 0.639. The molecule has 11 heteroatoms. The van der Waals surface area contributed by atoms with Crippen LogP contribution in [0.5, 0.6) is 0 Å². The maximum atomic E-state index is 11.8. The maximum absolute atomic E-state index is 11.8. The van der Waals surface area contributed by atoms with Crippen LogP contribution in [-0.2, 0) is 19.7 Å². The number of carbonyl (C=O) groups excluding carboxylic acids is 1. The lowest BCUT2D eigenvalue weighted by Crippen LogP contribution is -2.29. The summed E-state index contributed by atoms with van der Waals surface area (Å²) in [6.07, 6.45) is 0. The van der Waals surface area contributed by atoms with Crippen molar-refractivity contribution in [3.05, 3.63) is 27.7 Å². The van der Waals surface area contributed by atoms with Crippen LogP contribution >= 0.6 is 23.2 Å². The van der Waals surface area contributed by atoms with Crippen molar-refractivity contribution in [3.63, 3.8) is 0 Å². The standard InChI is InChI=1S/C9H8Cl2N2O6S/c10-5-2-6(11)7(1-4(5)9(15)16)20(17,18)13-19-3-8(12)14/h1-2,13H,3H2,(H2,12,14)(H,15,16). The molecule has 1 amide bonds. The minimum atomic E-state index is -4.29. The Balaban J connectivity index is 3.14. The molecule has 8 nitrogen and oxygen atoms in total. The van der Waals surface area contributed by atoms with Gasteiger partial charge in [-0.25, -0.2) is 13.2 Å². The predicted molar refractivity (Wildman–Crippen MR) is 68.9 cm³/mol. The van der Waals surface area contributed by atoms with Gasteiger partial charge in [-0.15, -0.1) is 0 Å². The third-order valence-corrected chi connectivity index (χ3v) is 3.92. The van der Waals surface area contributed by atoms with Crippen LogP contribution in [-0.4, -0.2) is 32.0 Å². The van der Waals surface area contributed by atoms with E-state index >= 15 is 0 Å². The second-order valence-electron chi connectivity index (χ2n) is 3.41. The molecule has 20 heavy (non-hydrogen) atoms. The molecular formula is C9H8Cl2N2O6S. The zero-order chi connectivity index (χ0) is 15.5. The molecule has 0 unspecified atom stereocenters. The Hall–Kier alpha value is -1.39. The van der Waals surface area contributed by atoms with Gasteiger partial charge in [0.15, 0.2) is 0 Å². The van der Waals surface area contributed by atoms with Gasteiger partial charge in [0, 0.05) is 0 Å². The number of aromatic carboxylic acids is 1. The van der Waals surface area contributed by atoms with E-state index in [0.29, 0.717) is 0 Å². The van der Waals surface area contributed by atoms with Crippen molar-refractivity contribution < 1.29 is 28.0 Å². The summed E-state index contributed by atoms with van der Waals surface area (Å²) in [5.74, 6) is -2.33. The van der Waals surface area contributed by atoms with Gasteiger partial charge in [-0.3, -0.25) is 9.63 Å². The molecule has 1 rings (SSSR count). The van der Waals surface area contributed by atoms with Gasteiger partial charge >= 0.3 is 5.97 Å². The van der Waals surface area contributed by atoms with Gasteiger partial charge in [0.1, 0.15) is 11.5 Å². The average Bonchev–Trinajstić information content (AvgIpc) is 2.26. The number of amides is 1. The van der Waals surface area contributed by atoms with Crippen LogP contribution in [0.1, 0.15) is 10.4 Å². The summed E-state index contributed by atoms with van der Waals surface area (Å²) >= 11 is 11.3. The number of carbonyl (C=O) groups is 2. The third-order valence-electron chi connectivity index (χ3n) is 1.92. The second-order valence-corrected chi connectivity index (χ2v) is 5.84. The molecule has 1 aromatic rings. The maximum Gasteiger partial charge on any atom is 0.337 e. The van der Waals surface area contributed by atoms with E-state index in [1.54, 1.807) is 4.89 Å². The van der Waals surface area contributed by atoms with Crippen molar-refractivity contribution >= 4 is 45.1 Å². The minimum Gasteiger partial charge on any atom is -0.478 e. The van der Waals surface area contributed by atoms with Crippen molar-refractivity contribution in [2.24, 2.45) is 5.73 Å². The van der Waals surface area contributed by atoms with Gasteiger partial charge in [-0.05, 0) is 12.1 Å². The highest BCUT2D eigenvalue weighted by molar-refractivity contribution is 7.89. The summed E-state index contributed by atoms with van der Waals surface area (Å²) in [7, 11) is -4.29. The molecule has 0 aliphatic carbocycles. The average molecular weight is 343 g/mol. The number of nitrogens with one attached hydrogen (secondary N) is 1. The number of nitrogens with two attached hydrogens (primary N) is 1. The minimum absolute atomic E-state index is 0.223. The van der Waals surface area contributed by atoms with Crippen LogP contribution in [0.2, 0.25) is 10.0 Å². The van der Waals surface area contributed by atoms with Crippen molar-refractivity contribution in [3.8, 4) is 0 Å². The van der Waals surface area contributed by atoms with Gasteiger partial charge < -0.3 is 10.8 Å². The van der Waals surface area contributed by atoms with Crippen LogP contribution in [0.15, 0.2) is 17.0 Å². The second kappa shape index (κ2) is 6.37. The Bertz CT molecular complexity index is 661. The first-order valence-corrected chi connectivity index (χ1v) is 7.03. The number of hydrogen-bond acceptors (Lipinski definition) is 5. The highest BCUT2D eigenvalue weighted by atomic mass is 35.5. The molecule has 1 aromatic carbocycles. The summed E-state index contributed by atoms with van der Waals surface area (Å²) in [4.78, 5) is 26.7. The number of primary amides is 1. The summed E-state index contributed by atoms with van der Waals surface area (Å²) in [6.45, 7) is -0.698. The normalized spacial score (nSPS) is 11.3. The Morgan fingerprint density at radius 1 is 1.30 bits per heavy atom. The monoisotopic (exact) mass is 342 g/mol. The van der Waals surface area contributed by atoms with Crippen LogP contribution < -0.4 is 10.6 Å². The Morgan fingerprint density at radius 3 is 2.40 bits per heavy atom. The molecule has 0 saturated heterocycles. The van der Waals surface area contributed by atoms with Crippen molar-refractivity contribution in [1.29, 1.82) is 0 Å². The molecular weight excluding hydrogens is 335 g/mol. The van der Waals surface area contributed by atoms with Crippen LogP contribution in [0.25, 0.3) is 0 Å². The van der Waals surface area contributed by atoms with Crippen LogP contribution in [0.3, 0.4) is 0 Å². The van der Waals surface area contributed by atoms with Crippen molar-refractivity contribution in [1.82, 2.24) is 4.89 Å². The fourth-order valence-electron chi connectivity index (χ4n) is 1.12. The molecule has 4 N–H and O–H groups in total. The number of halogens is 2. The smallest absolute Gasteiger partial charge is 0.337 e. The van der Waals surface area contributed by atoms with E-state index in [-0.39, 0.29) is 10.0 Å². The first-order valence-electron chi connectivity index (χ1n) is 4.79. The summed E-state index contributed by atoms with van der Waals surface area (Å²) in [5.41, 5.74) is 4.30. The Kier molecular flexibility index (Phi) is 5.31. The fraction of sp³-hybridized carbons (Fsp3) is 0.111. The molecule has 0 aromatic heterocycles. The van der Waals surface area contributed by atoms with E-state index in [1.807, 2.05) is 0 Å². The molecule has 0 fully saturated rings. The zero-order valence-electron chi connectivity index (χ0n) is 9.59. The fourth-order valence-corrected chi connectivity index (χ4v) is 2.78. The molecule has 0 aliphatic heterocycles. The zero-order valence-corrected chi connectivity index (χ0v) is 11.9. The van der Waals surface area contributed by atoms with Gasteiger partial charge in [0.2, 0.25) is 5.91 Å². The number of benzene rings is 1. The lowest BCUT2D eigenvalue weighted by atomic mass is 10.2. The Labute approximate surface area is 123 Å². The van der Waals surface area contributed by atoms with E-state index < -0.39 is 39.0 Å². The van der Waals surface area contributed by atoms with Crippen molar-refractivity contribution in [2.45, 2.75) is 4.90 Å². The van der Waals surface area contributed by atoms with Gasteiger partial charge in [-0.1, -0.05) is 28.1 Å². The number of rotatable bonds is 6. The van der Waals surface area contributed by atoms with E-state index in [0.717, 1.165) is 12.1 Å². The number of hydrogen-bond donors (Lipinski definition) is 3. The SMILES string of the molecule is NC(=O)CONS(=O)(=O)c1cc(C(=O)O)c(Cl)cc1Cl. The molecule has 0 aliphatic rings. The number of carboxylic acids is 1. The summed E-state index contributed by atoms with van der Waals surface area (Å²) < 4.78 is 23.6. The van der Waals surface area contributed by atoms with E-state index in [2.05, 4.69) is 4.84 Å². The third kappa shape index (κ3) is 4.05. The lowest BCUT2D eigenvalue weighted by molar-refractivity contribution is -0.123. The largest absolute Gasteiger partial charge is 0.478 e. The topological polar surface area (TPSA) is 136 Å². The van der Waals surface area contributed by atoms with E-state index in [9.17, 15) is 18.0 Å². The van der Waals surface area contributed by atoms with Crippen LogP contribution in [0, 0.1) is 0 Å². The first-order chi connectivity index (χ1) is 9.15. The molecule has 0 bridgehead atoms. The summed E-state index contributed by atoms with van der Waals surface area (Å²) in [5, 5.41) is 8.33. The molecule has 0 spiro atoms. The molecule has 110 valence electrons. The first kappa shape index (κ1) is 16.7. The lowest BCUT2D eigenvalue weighted by Gasteiger charge is -2.09. The van der Waals surface area contributed by atoms with E-state index in [4.69, 9.17) is 34.0 Å². The highest BCUT2D eigenvalue weighted by Crippen LogP contribution is 2.28. The number of sulfonamides is 1. The molecule has 0 heterocycles.